The average molecular weight is 487 g/mol. The number of ether oxygens (including phenoxy) is 2. The number of aromatic nitrogens is 1. The van der Waals surface area contributed by atoms with Crippen LogP contribution in [0.3, 0.4) is 0 Å². The van der Waals surface area contributed by atoms with Crippen molar-refractivity contribution in [3.05, 3.63) is 72.1 Å². The fourth-order valence-electron chi connectivity index (χ4n) is 4.77. The zero-order valence-corrected chi connectivity index (χ0v) is 20.0. The summed E-state index contributed by atoms with van der Waals surface area (Å²) in [6.45, 7) is 0.355. The Balaban J connectivity index is 1.39. The summed E-state index contributed by atoms with van der Waals surface area (Å²) in [5, 5.41) is 5.90. The lowest BCUT2D eigenvalue weighted by Crippen LogP contribution is -2.55. The Hall–Kier alpha value is -4.40. The first-order chi connectivity index (χ1) is 17.5. The molecule has 0 unspecified atom stereocenters. The minimum absolute atomic E-state index is 0.221. The van der Waals surface area contributed by atoms with Crippen LogP contribution >= 0.6 is 0 Å². The lowest BCUT2D eigenvalue weighted by Gasteiger charge is -2.37. The Morgan fingerprint density at radius 2 is 1.83 bits per heavy atom. The second-order valence-electron chi connectivity index (χ2n) is 8.76. The SMILES string of the molecule is COc1ccc(-c2ccc3c(c2)C(=O)N2CC[C@H](NC(=O)c4ccncc4)C[C@H]2C(=O)N3)c(OC)c1. The smallest absolute Gasteiger partial charge is 0.256 e. The number of anilines is 1. The Morgan fingerprint density at radius 3 is 2.58 bits per heavy atom. The van der Waals surface area contributed by atoms with Crippen molar-refractivity contribution in [1.29, 1.82) is 0 Å². The minimum Gasteiger partial charge on any atom is -0.497 e. The van der Waals surface area contributed by atoms with E-state index >= 15 is 0 Å². The Labute approximate surface area is 208 Å². The third kappa shape index (κ3) is 4.35. The van der Waals surface area contributed by atoms with E-state index in [9.17, 15) is 14.4 Å². The van der Waals surface area contributed by atoms with Crippen molar-refractivity contribution in [1.82, 2.24) is 15.2 Å². The summed E-state index contributed by atoms with van der Waals surface area (Å²) in [7, 11) is 3.16. The van der Waals surface area contributed by atoms with E-state index in [1.165, 1.54) is 0 Å². The summed E-state index contributed by atoms with van der Waals surface area (Å²) >= 11 is 0. The zero-order valence-electron chi connectivity index (χ0n) is 20.0. The fraction of sp³-hybridized carbons (Fsp3) is 0.259. The monoisotopic (exact) mass is 486 g/mol. The number of hydrogen-bond donors (Lipinski definition) is 2. The quantitative estimate of drug-likeness (QED) is 0.574. The van der Waals surface area contributed by atoms with Crippen LogP contribution in [0.15, 0.2) is 60.9 Å². The van der Waals surface area contributed by atoms with Gasteiger partial charge in [-0.15, -0.1) is 0 Å². The number of benzene rings is 2. The molecule has 184 valence electrons. The topological polar surface area (TPSA) is 110 Å². The van der Waals surface area contributed by atoms with Gasteiger partial charge in [-0.2, -0.15) is 0 Å². The van der Waals surface area contributed by atoms with Crippen LogP contribution in [0.4, 0.5) is 5.69 Å². The highest BCUT2D eigenvalue weighted by molar-refractivity contribution is 6.10. The second-order valence-corrected chi connectivity index (χ2v) is 8.76. The molecule has 0 aliphatic carbocycles. The third-order valence-corrected chi connectivity index (χ3v) is 6.67. The van der Waals surface area contributed by atoms with Crippen LogP contribution in [0.1, 0.15) is 33.6 Å². The van der Waals surface area contributed by atoms with Crippen molar-refractivity contribution in [3.8, 4) is 22.6 Å². The number of amides is 3. The van der Waals surface area contributed by atoms with Gasteiger partial charge in [0.05, 0.1) is 25.5 Å². The first-order valence-corrected chi connectivity index (χ1v) is 11.7. The van der Waals surface area contributed by atoms with Crippen molar-refractivity contribution in [2.24, 2.45) is 0 Å². The van der Waals surface area contributed by atoms with Gasteiger partial charge < -0.3 is 25.0 Å². The molecule has 36 heavy (non-hydrogen) atoms. The maximum atomic E-state index is 13.6. The van der Waals surface area contributed by atoms with Gasteiger partial charge >= 0.3 is 0 Å². The number of piperidine rings is 1. The van der Waals surface area contributed by atoms with Gasteiger partial charge in [-0.05, 0) is 54.8 Å². The van der Waals surface area contributed by atoms with E-state index in [1.807, 2.05) is 18.2 Å². The fourth-order valence-corrected chi connectivity index (χ4v) is 4.77. The number of nitrogens with zero attached hydrogens (tertiary/aromatic N) is 2. The highest BCUT2D eigenvalue weighted by Crippen LogP contribution is 2.37. The number of rotatable bonds is 5. The zero-order chi connectivity index (χ0) is 25.2. The Kier molecular flexibility index (Phi) is 6.28. The van der Waals surface area contributed by atoms with Crippen molar-refractivity contribution in [2.45, 2.75) is 24.9 Å². The first kappa shape index (κ1) is 23.3. The van der Waals surface area contributed by atoms with Crippen LogP contribution in [0.5, 0.6) is 11.5 Å². The molecule has 2 aromatic carbocycles. The van der Waals surface area contributed by atoms with Crippen LogP contribution in [-0.2, 0) is 4.79 Å². The van der Waals surface area contributed by atoms with Gasteiger partial charge in [-0.25, -0.2) is 0 Å². The van der Waals surface area contributed by atoms with Gasteiger partial charge in [-0.1, -0.05) is 6.07 Å². The molecule has 3 amide bonds. The number of methoxy groups -OCH3 is 2. The minimum atomic E-state index is -0.680. The molecule has 2 atom stereocenters. The van der Waals surface area contributed by atoms with Gasteiger partial charge in [0.2, 0.25) is 5.91 Å². The van der Waals surface area contributed by atoms with E-state index in [4.69, 9.17) is 9.47 Å². The molecule has 2 aliphatic rings. The van der Waals surface area contributed by atoms with E-state index in [-0.39, 0.29) is 23.8 Å². The molecule has 0 bridgehead atoms. The lowest BCUT2D eigenvalue weighted by molar-refractivity contribution is -0.121. The molecule has 9 heteroatoms. The molecule has 0 spiro atoms. The van der Waals surface area contributed by atoms with Crippen molar-refractivity contribution in [3.63, 3.8) is 0 Å². The van der Waals surface area contributed by atoms with Gasteiger partial charge in [0.25, 0.3) is 11.8 Å². The van der Waals surface area contributed by atoms with Gasteiger partial charge in [0.1, 0.15) is 17.5 Å². The molecule has 9 nitrogen and oxygen atoms in total. The second kappa shape index (κ2) is 9.69. The first-order valence-electron chi connectivity index (χ1n) is 11.7. The molecule has 2 aliphatic heterocycles. The van der Waals surface area contributed by atoms with Crippen LogP contribution in [0.2, 0.25) is 0 Å². The molecule has 1 saturated heterocycles. The standard InChI is InChI=1S/C27H26N4O5/c1-35-19-4-5-20(24(15-19)36-2)17-3-6-22-21(13-17)27(34)31-12-9-18(14-23(31)26(33)30-22)29-25(32)16-7-10-28-11-8-16/h3-8,10-11,13,15,18,23H,9,12,14H2,1-2H3,(H,29,32)(H,30,33)/t18-,23-/m0/s1. The molecule has 1 aromatic heterocycles. The van der Waals surface area contributed by atoms with Gasteiger partial charge in [-0.3, -0.25) is 19.4 Å². The predicted octanol–water partition coefficient (Wildman–Crippen LogP) is 3.12. The molecule has 2 N–H and O–H groups in total. The Bertz CT molecular complexity index is 1330. The van der Waals surface area contributed by atoms with Crippen LogP contribution in [0.25, 0.3) is 11.1 Å². The summed E-state index contributed by atoms with van der Waals surface area (Å²) in [4.78, 5) is 44.8. The number of carbonyl (C=O) groups excluding carboxylic acids is 3. The van der Waals surface area contributed by atoms with Gasteiger partial charge in [0.15, 0.2) is 0 Å². The number of carbonyl (C=O) groups is 3. The number of hydrogen-bond acceptors (Lipinski definition) is 6. The maximum Gasteiger partial charge on any atom is 0.256 e. The van der Waals surface area contributed by atoms with Gasteiger partial charge in [0, 0.05) is 42.2 Å². The highest BCUT2D eigenvalue weighted by atomic mass is 16.5. The number of nitrogens with one attached hydrogen (secondary N) is 2. The largest absolute Gasteiger partial charge is 0.497 e. The van der Waals surface area contributed by atoms with Crippen LogP contribution in [-0.4, -0.2) is 60.5 Å². The van der Waals surface area contributed by atoms with E-state index in [0.29, 0.717) is 47.7 Å². The molecule has 0 saturated carbocycles. The lowest BCUT2D eigenvalue weighted by atomic mass is 9.95. The predicted molar refractivity (Wildman–Crippen MR) is 133 cm³/mol. The molecule has 0 radical (unpaired) electrons. The molecule has 3 aromatic rings. The molecule has 3 heterocycles. The van der Waals surface area contributed by atoms with E-state index in [2.05, 4.69) is 15.6 Å². The average Bonchev–Trinajstić information content (AvgIpc) is 3.02. The molecule has 1 fully saturated rings. The van der Waals surface area contributed by atoms with E-state index in [1.54, 1.807) is 61.8 Å². The maximum absolute atomic E-state index is 13.6. The Morgan fingerprint density at radius 1 is 1.03 bits per heavy atom. The molecule has 5 rings (SSSR count). The third-order valence-electron chi connectivity index (χ3n) is 6.67. The van der Waals surface area contributed by atoms with E-state index < -0.39 is 6.04 Å². The summed E-state index contributed by atoms with van der Waals surface area (Å²) in [6, 6.07) is 13.2. The summed E-state index contributed by atoms with van der Waals surface area (Å²) in [5.74, 6) is 0.567. The molecular weight excluding hydrogens is 460 g/mol. The summed E-state index contributed by atoms with van der Waals surface area (Å²) < 4.78 is 10.8. The number of pyridine rings is 1. The highest BCUT2D eigenvalue weighted by Gasteiger charge is 2.40. The summed E-state index contributed by atoms with van der Waals surface area (Å²) in [6.07, 6.45) is 4.00. The van der Waals surface area contributed by atoms with Crippen molar-refractivity contribution in [2.75, 3.05) is 26.1 Å². The van der Waals surface area contributed by atoms with Crippen molar-refractivity contribution >= 4 is 23.4 Å². The van der Waals surface area contributed by atoms with E-state index in [0.717, 1.165) is 11.1 Å². The van der Waals surface area contributed by atoms with Crippen molar-refractivity contribution < 1.29 is 23.9 Å². The number of fused-ring (bicyclic) bond motifs is 2. The van der Waals surface area contributed by atoms with Crippen LogP contribution < -0.4 is 20.1 Å². The summed E-state index contributed by atoms with van der Waals surface area (Å²) in [5.41, 5.74) is 2.98. The molecular formula is C27H26N4O5. The normalized spacial score (nSPS) is 18.9. The van der Waals surface area contributed by atoms with Crippen LogP contribution in [0, 0.1) is 0 Å².